The van der Waals surface area contributed by atoms with Crippen molar-refractivity contribution in [3.8, 4) is 11.5 Å². The Balaban J connectivity index is 1.77. The molecule has 0 heterocycles. The summed E-state index contributed by atoms with van der Waals surface area (Å²) in [6, 6.07) is 13.8. The number of rotatable bonds is 5. The van der Waals surface area contributed by atoms with E-state index in [1.165, 1.54) is 18.4 Å². The van der Waals surface area contributed by atoms with Gasteiger partial charge in [0.15, 0.2) is 5.78 Å². The highest BCUT2D eigenvalue weighted by atomic mass is 16.5. The third-order valence-electron chi connectivity index (χ3n) is 4.60. The van der Waals surface area contributed by atoms with Crippen LogP contribution in [0.1, 0.15) is 54.6 Å². The minimum atomic E-state index is 0.157. The lowest BCUT2D eigenvalue weighted by Crippen LogP contribution is -2.00. The normalized spacial score (nSPS) is 15.4. The van der Waals surface area contributed by atoms with Crippen molar-refractivity contribution in [3.63, 3.8) is 0 Å². The van der Waals surface area contributed by atoms with Gasteiger partial charge in [0.05, 0.1) is 0 Å². The van der Waals surface area contributed by atoms with Crippen LogP contribution in [0.5, 0.6) is 11.5 Å². The van der Waals surface area contributed by atoms with Gasteiger partial charge in [0.1, 0.15) is 11.5 Å². The molecule has 3 rings (SSSR count). The van der Waals surface area contributed by atoms with Crippen LogP contribution in [0.3, 0.4) is 0 Å². The molecule has 0 bridgehead atoms. The molecular formula is C20H22O2. The maximum absolute atomic E-state index is 11.6. The summed E-state index contributed by atoms with van der Waals surface area (Å²) in [4.78, 5) is 11.6. The lowest BCUT2D eigenvalue weighted by molar-refractivity contribution is 0.0988. The Morgan fingerprint density at radius 3 is 2.36 bits per heavy atom. The lowest BCUT2D eigenvalue weighted by Gasteiger charge is -2.14. The van der Waals surface area contributed by atoms with E-state index in [1.807, 2.05) is 31.2 Å². The van der Waals surface area contributed by atoms with Crippen molar-refractivity contribution in [2.75, 3.05) is 0 Å². The number of Topliss-reactive ketones (excluding diaryl/α,β-unsaturated/α-hetero) is 1. The van der Waals surface area contributed by atoms with Gasteiger partial charge >= 0.3 is 0 Å². The van der Waals surface area contributed by atoms with Gasteiger partial charge in [0.25, 0.3) is 0 Å². The Labute approximate surface area is 132 Å². The summed E-state index contributed by atoms with van der Waals surface area (Å²) in [6.07, 6.45) is 3.08. The van der Waals surface area contributed by atoms with Crippen LogP contribution in [0.4, 0.5) is 0 Å². The SMILES string of the molecule is CCC(=O)c1ccc(Oc2ccc(C3(C)CC3)cc2C)cc1. The Bertz CT molecular complexity index is 694. The van der Waals surface area contributed by atoms with Crippen molar-refractivity contribution in [1.82, 2.24) is 0 Å². The van der Waals surface area contributed by atoms with Crippen molar-refractivity contribution >= 4 is 5.78 Å². The summed E-state index contributed by atoms with van der Waals surface area (Å²) in [5.41, 5.74) is 3.68. The number of hydrogen-bond acceptors (Lipinski definition) is 2. The fraction of sp³-hybridized carbons (Fsp3) is 0.350. The molecule has 0 aromatic heterocycles. The van der Waals surface area contributed by atoms with Gasteiger partial charge in [-0.3, -0.25) is 4.79 Å². The molecule has 0 atom stereocenters. The van der Waals surface area contributed by atoms with E-state index in [2.05, 4.69) is 32.0 Å². The summed E-state index contributed by atoms with van der Waals surface area (Å²) < 4.78 is 5.95. The van der Waals surface area contributed by atoms with Crippen molar-refractivity contribution in [1.29, 1.82) is 0 Å². The van der Waals surface area contributed by atoms with E-state index < -0.39 is 0 Å². The van der Waals surface area contributed by atoms with Crippen LogP contribution in [0.25, 0.3) is 0 Å². The highest BCUT2D eigenvalue weighted by molar-refractivity contribution is 5.95. The van der Waals surface area contributed by atoms with E-state index in [0.29, 0.717) is 11.8 Å². The first-order valence-electron chi connectivity index (χ1n) is 7.94. The van der Waals surface area contributed by atoms with Gasteiger partial charge in [-0.25, -0.2) is 0 Å². The summed E-state index contributed by atoms with van der Waals surface area (Å²) >= 11 is 0. The second-order valence-corrected chi connectivity index (χ2v) is 6.44. The molecule has 2 nitrogen and oxygen atoms in total. The van der Waals surface area contributed by atoms with E-state index in [9.17, 15) is 4.79 Å². The van der Waals surface area contributed by atoms with Gasteiger partial charge in [-0.1, -0.05) is 26.0 Å². The molecule has 0 spiro atoms. The molecule has 0 unspecified atom stereocenters. The predicted molar refractivity (Wildman–Crippen MR) is 88.9 cm³/mol. The van der Waals surface area contributed by atoms with Gasteiger partial charge < -0.3 is 4.74 Å². The summed E-state index contributed by atoms with van der Waals surface area (Å²) in [5, 5.41) is 0. The third kappa shape index (κ3) is 2.92. The largest absolute Gasteiger partial charge is 0.457 e. The first kappa shape index (κ1) is 14.8. The molecule has 0 amide bonds. The summed E-state index contributed by atoms with van der Waals surface area (Å²) in [6.45, 7) is 6.27. The number of hydrogen-bond donors (Lipinski definition) is 0. The molecule has 1 aliphatic rings. The molecule has 1 aliphatic carbocycles. The fourth-order valence-electron chi connectivity index (χ4n) is 2.66. The lowest BCUT2D eigenvalue weighted by atomic mass is 9.96. The van der Waals surface area contributed by atoms with Gasteiger partial charge in [-0.15, -0.1) is 0 Å². The highest BCUT2D eigenvalue weighted by Gasteiger charge is 2.39. The van der Waals surface area contributed by atoms with Crippen LogP contribution in [0.2, 0.25) is 0 Å². The molecular weight excluding hydrogens is 272 g/mol. The van der Waals surface area contributed by atoms with Crippen LogP contribution in [0, 0.1) is 6.92 Å². The Kier molecular flexibility index (Phi) is 3.78. The minimum Gasteiger partial charge on any atom is -0.457 e. The van der Waals surface area contributed by atoms with E-state index in [0.717, 1.165) is 22.6 Å². The van der Waals surface area contributed by atoms with Crippen LogP contribution < -0.4 is 4.74 Å². The minimum absolute atomic E-state index is 0.157. The van der Waals surface area contributed by atoms with Gasteiger partial charge in [0.2, 0.25) is 0 Å². The quantitative estimate of drug-likeness (QED) is 0.687. The van der Waals surface area contributed by atoms with Crippen molar-refractivity contribution < 1.29 is 9.53 Å². The summed E-state index contributed by atoms with van der Waals surface area (Å²) in [5.74, 6) is 1.80. The first-order valence-corrected chi connectivity index (χ1v) is 7.94. The molecule has 0 radical (unpaired) electrons. The van der Waals surface area contributed by atoms with Crippen LogP contribution in [0.15, 0.2) is 42.5 Å². The van der Waals surface area contributed by atoms with Crippen molar-refractivity contribution in [2.24, 2.45) is 0 Å². The van der Waals surface area contributed by atoms with Crippen LogP contribution >= 0.6 is 0 Å². The number of carbonyl (C=O) groups is 1. The standard InChI is InChI=1S/C20H22O2/c1-4-18(21)15-5-8-17(9-6-15)22-19-10-7-16(13-14(19)2)20(3)11-12-20/h5-10,13H,4,11-12H2,1-3H3. The Morgan fingerprint density at radius 2 is 1.82 bits per heavy atom. The third-order valence-corrected chi connectivity index (χ3v) is 4.60. The van der Waals surface area contributed by atoms with Gasteiger partial charge in [-0.05, 0) is 66.6 Å². The van der Waals surface area contributed by atoms with E-state index in [1.54, 1.807) is 0 Å². The zero-order valence-corrected chi connectivity index (χ0v) is 13.5. The second kappa shape index (κ2) is 5.60. The average Bonchev–Trinajstić information content (AvgIpc) is 3.28. The molecule has 2 aromatic carbocycles. The molecule has 114 valence electrons. The molecule has 2 aromatic rings. The number of aryl methyl sites for hydroxylation is 1. The number of benzene rings is 2. The van der Waals surface area contributed by atoms with Gasteiger partial charge in [0, 0.05) is 12.0 Å². The number of ether oxygens (including phenoxy) is 1. The highest BCUT2D eigenvalue weighted by Crippen LogP contribution is 2.48. The Morgan fingerprint density at radius 1 is 1.14 bits per heavy atom. The second-order valence-electron chi connectivity index (χ2n) is 6.44. The molecule has 0 saturated heterocycles. The van der Waals surface area contributed by atoms with Crippen molar-refractivity contribution in [3.05, 3.63) is 59.2 Å². The monoisotopic (exact) mass is 294 g/mol. The molecule has 2 heteroatoms. The van der Waals surface area contributed by atoms with Gasteiger partial charge in [-0.2, -0.15) is 0 Å². The fourth-order valence-corrected chi connectivity index (χ4v) is 2.66. The maximum atomic E-state index is 11.6. The zero-order chi connectivity index (χ0) is 15.7. The number of ketones is 1. The van der Waals surface area contributed by atoms with Crippen LogP contribution in [-0.4, -0.2) is 5.78 Å². The average molecular weight is 294 g/mol. The zero-order valence-electron chi connectivity index (χ0n) is 13.5. The van der Waals surface area contributed by atoms with E-state index in [4.69, 9.17) is 4.74 Å². The first-order chi connectivity index (χ1) is 10.5. The molecule has 1 saturated carbocycles. The molecule has 0 aliphatic heterocycles. The van der Waals surface area contributed by atoms with Crippen molar-refractivity contribution in [2.45, 2.75) is 45.4 Å². The Hall–Kier alpha value is -2.09. The molecule has 1 fully saturated rings. The topological polar surface area (TPSA) is 26.3 Å². The smallest absolute Gasteiger partial charge is 0.162 e. The van der Waals surface area contributed by atoms with Crippen LogP contribution in [-0.2, 0) is 5.41 Å². The summed E-state index contributed by atoms with van der Waals surface area (Å²) in [7, 11) is 0. The molecule has 0 N–H and O–H groups in total. The maximum Gasteiger partial charge on any atom is 0.162 e. The van der Waals surface area contributed by atoms with E-state index >= 15 is 0 Å². The molecule has 22 heavy (non-hydrogen) atoms. The number of carbonyl (C=O) groups excluding carboxylic acids is 1. The van der Waals surface area contributed by atoms with E-state index in [-0.39, 0.29) is 5.78 Å². The predicted octanol–water partition coefficient (Wildman–Crippen LogP) is 5.43.